The van der Waals surface area contributed by atoms with Crippen molar-refractivity contribution in [3.63, 3.8) is 0 Å². The minimum atomic E-state index is -4.19. The summed E-state index contributed by atoms with van der Waals surface area (Å²) in [6.45, 7) is 0.585. The van der Waals surface area contributed by atoms with E-state index < -0.39 is 22.6 Å². The zero-order valence-electron chi connectivity index (χ0n) is 11.0. The van der Waals surface area contributed by atoms with Crippen LogP contribution in [0.5, 0.6) is 0 Å². The first kappa shape index (κ1) is 17.4. The first-order valence-corrected chi connectivity index (χ1v) is 8.39. The van der Waals surface area contributed by atoms with Crippen molar-refractivity contribution >= 4 is 21.4 Å². The molecule has 1 aromatic rings. The van der Waals surface area contributed by atoms with Crippen LogP contribution in [0, 0.1) is 0 Å². The lowest BCUT2D eigenvalue weighted by molar-refractivity contribution is -0.135. The maximum absolute atomic E-state index is 11.9. The highest BCUT2D eigenvalue weighted by atomic mass is 32.2. The number of hydrogen-bond acceptors (Lipinski definition) is 4. The Morgan fingerprint density at radius 1 is 1.30 bits per heavy atom. The van der Waals surface area contributed by atoms with Gasteiger partial charge in [0.1, 0.15) is 0 Å². The van der Waals surface area contributed by atoms with Gasteiger partial charge in [0.25, 0.3) is 0 Å². The number of sulfonamides is 1. The zero-order valence-corrected chi connectivity index (χ0v) is 12.6. The fraction of sp³-hybridized carbons (Fsp3) is 0.636. The molecule has 0 aromatic carbocycles. The number of hydrogen-bond donors (Lipinski definition) is 2. The van der Waals surface area contributed by atoms with Crippen LogP contribution in [0.2, 0.25) is 0 Å². The van der Waals surface area contributed by atoms with Crippen LogP contribution in [0.15, 0.2) is 16.3 Å². The maximum atomic E-state index is 11.9. The molecule has 2 N–H and O–H groups in total. The molecule has 4 nitrogen and oxygen atoms in total. The van der Waals surface area contributed by atoms with E-state index in [4.69, 9.17) is 0 Å². The Hall–Kier alpha value is -0.640. The van der Waals surface area contributed by atoms with Gasteiger partial charge in [0.05, 0.1) is 4.90 Å². The maximum Gasteiger partial charge on any atom is 0.389 e. The standard InChI is InChI=1S/C11H17F3N2O2S2/c1-15-7-9-6-10(8-19-9)20(17,18)16-5-3-2-4-11(12,13)14/h6,8,15-16H,2-5,7H2,1H3. The van der Waals surface area contributed by atoms with Crippen molar-refractivity contribution in [1.82, 2.24) is 10.0 Å². The average molecular weight is 330 g/mol. The summed E-state index contributed by atoms with van der Waals surface area (Å²) in [6.07, 6.45) is -5.00. The quantitative estimate of drug-likeness (QED) is 0.720. The van der Waals surface area contributed by atoms with Crippen molar-refractivity contribution in [2.45, 2.75) is 36.9 Å². The van der Waals surface area contributed by atoms with E-state index in [0.717, 1.165) is 4.88 Å². The predicted molar refractivity (Wildman–Crippen MR) is 72.2 cm³/mol. The Labute approximate surface area is 120 Å². The zero-order chi connectivity index (χ0) is 15.2. The summed E-state index contributed by atoms with van der Waals surface area (Å²) in [5.74, 6) is 0. The SMILES string of the molecule is CNCc1cc(S(=O)(=O)NCCCCC(F)(F)F)cs1. The molecule has 0 aliphatic carbocycles. The van der Waals surface area contributed by atoms with E-state index in [1.807, 2.05) is 0 Å². The summed E-state index contributed by atoms with van der Waals surface area (Å²) in [4.78, 5) is 1.04. The minimum absolute atomic E-state index is 0.00954. The normalized spacial score (nSPS) is 12.8. The molecule has 20 heavy (non-hydrogen) atoms. The Morgan fingerprint density at radius 2 is 2.00 bits per heavy atom. The first-order valence-electron chi connectivity index (χ1n) is 6.03. The van der Waals surface area contributed by atoms with E-state index in [9.17, 15) is 21.6 Å². The van der Waals surface area contributed by atoms with Crippen LogP contribution in [0.1, 0.15) is 24.1 Å². The molecular weight excluding hydrogens is 313 g/mol. The minimum Gasteiger partial charge on any atom is -0.315 e. The summed E-state index contributed by atoms with van der Waals surface area (Å²) in [6, 6.07) is 1.55. The van der Waals surface area contributed by atoms with Crippen molar-refractivity contribution in [1.29, 1.82) is 0 Å². The summed E-state index contributed by atoms with van der Waals surface area (Å²) < 4.78 is 61.8. The van der Waals surface area contributed by atoms with Gasteiger partial charge in [-0.1, -0.05) is 0 Å². The summed E-state index contributed by atoms with van der Waals surface area (Å²) in [7, 11) is -1.87. The summed E-state index contributed by atoms with van der Waals surface area (Å²) >= 11 is 1.32. The molecule has 0 bridgehead atoms. The second kappa shape index (κ2) is 7.39. The third-order valence-electron chi connectivity index (χ3n) is 2.47. The molecule has 0 saturated heterocycles. The third-order valence-corrected chi connectivity index (χ3v) is 5.00. The van der Waals surface area contributed by atoms with Gasteiger partial charge in [-0.25, -0.2) is 13.1 Å². The van der Waals surface area contributed by atoms with Crippen LogP contribution >= 0.6 is 11.3 Å². The van der Waals surface area contributed by atoms with Gasteiger partial charge in [-0.2, -0.15) is 13.2 Å². The van der Waals surface area contributed by atoms with Crippen LogP contribution in [-0.4, -0.2) is 28.2 Å². The van der Waals surface area contributed by atoms with Gasteiger partial charge >= 0.3 is 6.18 Å². The van der Waals surface area contributed by atoms with Gasteiger partial charge in [0.15, 0.2) is 0 Å². The number of unbranched alkanes of at least 4 members (excludes halogenated alkanes) is 1. The highest BCUT2D eigenvalue weighted by Crippen LogP contribution is 2.22. The third kappa shape index (κ3) is 6.21. The van der Waals surface area contributed by atoms with Crippen molar-refractivity contribution in [3.8, 4) is 0 Å². The topological polar surface area (TPSA) is 58.2 Å². The number of thiophene rings is 1. The Balaban J connectivity index is 2.41. The smallest absolute Gasteiger partial charge is 0.315 e. The van der Waals surface area contributed by atoms with E-state index in [-0.39, 0.29) is 24.3 Å². The molecule has 0 radical (unpaired) electrons. The highest BCUT2D eigenvalue weighted by Gasteiger charge is 2.26. The number of halogens is 3. The molecule has 0 atom stereocenters. The van der Waals surface area contributed by atoms with E-state index in [1.165, 1.54) is 16.7 Å². The molecule has 0 fully saturated rings. The lowest BCUT2D eigenvalue weighted by Crippen LogP contribution is -2.24. The van der Waals surface area contributed by atoms with Crippen molar-refractivity contribution < 1.29 is 21.6 Å². The second-order valence-corrected chi connectivity index (χ2v) is 7.01. The number of nitrogens with one attached hydrogen (secondary N) is 2. The molecule has 0 saturated carbocycles. The summed E-state index contributed by atoms with van der Waals surface area (Å²) in [5.41, 5.74) is 0. The molecule has 1 heterocycles. The van der Waals surface area contributed by atoms with Gasteiger partial charge in [0.2, 0.25) is 10.0 Å². The van der Waals surface area contributed by atoms with Gasteiger partial charge in [0, 0.05) is 29.8 Å². The van der Waals surface area contributed by atoms with Crippen LogP contribution in [-0.2, 0) is 16.6 Å². The van der Waals surface area contributed by atoms with Crippen molar-refractivity contribution in [2.75, 3.05) is 13.6 Å². The highest BCUT2D eigenvalue weighted by molar-refractivity contribution is 7.89. The van der Waals surface area contributed by atoms with Crippen LogP contribution in [0.3, 0.4) is 0 Å². The van der Waals surface area contributed by atoms with Gasteiger partial charge in [-0.3, -0.25) is 0 Å². The van der Waals surface area contributed by atoms with Gasteiger partial charge < -0.3 is 5.32 Å². The number of rotatable bonds is 8. The molecule has 0 amide bonds. The lowest BCUT2D eigenvalue weighted by Gasteiger charge is -2.07. The second-order valence-electron chi connectivity index (χ2n) is 4.25. The predicted octanol–water partition coefficient (Wildman–Crippen LogP) is 2.48. The molecule has 0 aliphatic rings. The van der Waals surface area contributed by atoms with Crippen molar-refractivity contribution in [2.24, 2.45) is 0 Å². The van der Waals surface area contributed by atoms with Crippen LogP contribution in [0.4, 0.5) is 13.2 Å². The van der Waals surface area contributed by atoms with Crippen LogP contribution < -0.4 is 10.0 Å². The first-order chi connectivity index (χ1) is 9.24. The van der Waals surface area contributed by atoms with Gasteiger partial charge in [-0.05, 0) is 26.0 Å². The molecule has 1 aromatic heterocycles. The Bertz CT molecular complexity index is 512. The Morgan fingerprint density at radius 3 is 2.60 bits per heavy atom. The molecule has 0 aliphatic heterocycles. The van der Waals surface area contributed by atoms with E-state index in [2.05, 4.69) is 10.0 Å². The largest absolute Gasteiger partial charge is 0.389 e. The lowest BCUT2D eigenvalue weighted by atomic mass is 10.2. The van der Waals surface area contributed by atoms with Crippen LogP contribution in [0.25, 0.3) is 0 Å². The average Bonchev–Trinajstić information content (AvgIpc) is 2.77. The van der Waals surface area contributed by atoms with Crippen molar-refractivity contribution in [3.05, 3.63) is 16.3 Å². The fourth-order valence-electron chi connectivity index (χ4n) is 1.51. The molecule has 0 spiro atoms. The van der Waals surface area contributed by atoms with Gasteiger partial charge in [-0.15, -0.1) is 11.3 Å². The molecule has 116 valence electrons. The monoisotopic (exact) mass is 330 g/mol. The van der Waals surface area contributed by atoms with E-state index in [0.29, 0.717) is 6.54 Å². The fourth-order valence-corrected chi connectivity index (χ4v) is 3.87. The Kier molecular flexibility index (Phi) is 6.44. The molecule has 0 unspecified atom stereocenters. The molecular formula is C11H17F3N2O2S2. The van der Waals surface area contributed by atoms with E-state index in [1.54, 1.807) is 13.1 Å². The number of alkyl halides is 3. The molecule has 1 rings (SSSR count). The summed E-state index contributed by atoms with van der Waals surface area (Å²) in [5, 5.41) is 4.43. The molecule has 9 heteroatoms. The van der Waals surface area contributed by atoms with E-state index >= 15 is 0 Å².